The zero-order chi connectivity index (χ0) is 26.9. The molecule has 0 amide bonds. The van der Waals surface area contributed by atoms with Gasteiger partial charge in [0.1, 0.15) is 6.61 Å². The van der Waals surface area contributed by atoms with E-state index in [1.165, 1.54) is 0 Å². The van der Waals surface area contributed by atoms with Crippen molar-refractivity contribution in [2.75, 3.05) is 6.61 Å². The Morgan fingerprint density at radius 3 is 2.37 bits per heavy atom. The number of aromatic nitrogens is 1. The Labute approximate surface area is 229 Å². The highest BCUT2D eigenvalue weighted by Gasteiger charge is 2.49. The molecule has 0 aliphatic carbocycles. The number of carbonyl (C=O) groups is 2. The lowest BCUT2D eigenvalue weighted by atomic mass is 9.80. The van der Waals surface area contributed by atoms with Gasteiger partial charge < -0.3 is 23.9 Å². The van der Waals surface area contributed by atoms with Crippen LogP contribution in [0.5, 0.6) is 11.5 Å². The van der Waals surface area contributed by atoms with Crippen LogP contribution in [0.15, 0.2) is 77.4 Å². The summed E-state index contributed by atoms with van der Waals surface area (Å²) in [5.41, 5.74) is 3.34. The quantitative estimate of drug-likeness (QED) is 0.190. The minimum atomic E-state index is -1.33. The third-order valence-corrected chi connectivity index (χ3v) is 7.00. The molecule has 1 saturated heterocycles. The van der Waals surface area contributed by atoms with Gasteiger partial charge in [0.15, 0.2) is 17.4 Å². The number of ether oxygens (including phenoxy) is 4. The topological polar surface area (TPSA) is 86.9 Å². The number of hydrogen-bond donors (Lipinski definition) is 1. The Morgan fingerprint density at radius 1 is 0.974 bits per heavy atom. The SMILES string of the molecule is CCOc1cc([C@H](c2c[nH]c3ccccc23)C2C(=O)OC(C)(C)OC2=O)cc(Br)c1OCc1ccccc1. The van der Waals surface area contributed by atoms with Crippen molar-refractivity contribution in [2.24, 2.45) is 5.92 Å². The van der Waals surface area contributed by atoms with Crippen LogP contribution in [-0.2, 0) is 25.7 Å². The van der Waals surface area contributed by atoms with Gasteiger partial charge in [0.2, 0.25) is 0 Å². The van der Waals surface area contributed by atoms with Crippen LogP contribution in [0.4, 0.5) is 0 Å². The number of carbonyl (C=O) groups excluding carboxylic acids is 2. The van der Waals surface area contributed by atoms with Crippen LogP contribution < -0.4 is 9.47 Å². The molecule has 0 spiro atoms. The Morgan fingerprint density at radius 2 is 1.66 bits per heavy atom. The number of para-hydroxylation sites is 1. The molecule has 5 rings (SSSR count). The average Bonchev–Trinajstić information content (AvgIpc) is 3.29. The molecule has 0 radical (unpaired) electrons. The van der Waals surface area contributed by atoms with Crippen LogP contribution in [0.2, 0.25) is 0 Å². The van der Waals surface area contributed by atoms with Gasteiger partial charge in [-0.3, -0.25) is 9.59 Å². The van der Waals surface area contributed by atoms with Gasteiger partial charge in [-0.1, -0.05) is 48.5 Å². The highest BCUT2D eigenvalue weighted by Crippen LogP contribution is 2.45. The van der Waals surface area contributed by atoms with Gasteiger partial charge in [-0.05, 0) is 57.7 Å². The molecule has 1 atom stereocenters. The molecule has 7 nitrogen and oxygen atoms in total. The van der Waals surface area contributed by atoms with E-state index in [1.807, 2.05) is 79.9 Å². The van der Waals surface area contributed by atoms with Crippen molar-refractivity contribution in [3.63, 3.8) is 0 Å². The molecular formula is C30H28BrNO6. The third-order valence-electron chi connectivity index (χ3n) is 6.41. The molecule has 38 heavy (non-hydrogen) atoms. The fourth-order valence-electron chi connectivity index (χ4n) is 4.80. The van der Waals surface area contributed by atoms with Gasteiger partial charge in [0, 0.05) is 36.9 Å². The highest BCUT2D eigenvalue weighted by molar-refractivity contribution is 9.10. The summed E-state index contributed by atoms with van der Waals surface area (Å²) in [5.74, 6) is -3.50. The first-order valence-corrected chi connectivity index (χ1v) is 13.2. The Kier molecular flexibility index (Phi) is 7.17. The molecule has 2 heterocycles. The van der Waals surface area contributed by atoms with E-state index in [-0.39, 0.29) is 0 Å². The van der Waals surface area contributed by atoms with E-state index in [1.54, 1.807) is 13.8 Å². The van der Waals surface area contributed by atoms with Crippen LogP contribution in [-0.4, -0.2) is 29.3 Å². The van der Waals surface area contributed by atoms with Gasteiger partial charge in [0.25, 0.3) is 5.79 Å². The Bertz CT molecular complexity index is 1460. The number of esters is 2. The van der Waals surface area contributed by atoms with Crippen molar-refractivity contribution >= 4 is 38.8 Å². The van der Waals surface area contributed by atoms with Gasteiger partial charge in [0.05, 0.1) is 11.1 Å². The maximum Gasteiger partial charge on any atom is 0.324 e. The number of cyclic esters (lactones) is 2. The van der Waals surface area contributed by atoms with E-state index in [0.717, 1.165) is 22.0 Å². The van der Waals surface area contributed by atoms with Crippen LogP contribution in [0.3, 0.4) is 0 Å². The summed E-state index contributed by atoms with van der Waals surface area (Å²) < 4.78 is 23.8. The molecular weight excluding hydrogens is 550 g/mol. The number of aromatic amines is 1. The van der Waals surface area contributed by atoms with E-state index in [2.05, 4.69) is 20.9 Å². The average molecular weight is 578 g/mol. The van der Waals surface area contributed by atoms with E-state index in [9.17, 15) is 9.59 Å². The molecule has 8 heteroatoms. The molecule has 4 aromatic rings. The van der Waals surface area contributed by atoms with Crippen molar-refractivity contribution in [1.29, 1.82) is 0 Å². The summed E-state index contributed by atoms with van der Waals surface area (Å²) in [6.45, 7) is 5.72. The summed E-state index contributed by atoms with van der Waals surface area (Å²) in [5, 5.41) is 0.890. The normalized spacial score (nSPS) is 16.1. The van der Waals surface area contributed by atoms with Gasteiger partial charge in [-0.25, -0.2) is 0 Å². The van der Waals surface area contributed by atoms with Crippen LogP contribution in [0.25, 0.3) is 10.9 Å². The minimum absolute atomic E-state index is 0.348. The maximum absolute atomic E-state index is 13.3. The largest absolute Gasteiger partial charge is 0.490 e. The second-order valence-electron chi connectivity index (χ2n) is 9.52. The van der Waals surface area contributed by atoms with Crippen LogP contribution in [0, 0.1) is 5.92 Å². The summed E-state index contributed by atoms with van der Waals surface area (Å²) >= 11 is 3.65. The summed E-state index contributed by atoms with van der Waals surface area (Å²) in [7, 11) is 0. The maximum atomic E-state index is 13.3. The minimum Gasteiger partial charge on any atom is -0.490 e. The first-order valence-electron chi connectivity index (χ1n) is 12.4. The van der Waals surface area contributed by atoms with Crippen molar-refractivity contribution in [3.8, 4) is 11.5 Å². The first-order chi connectivity index (χ1) is 18.3. The molecule has 3 aromatic carbocycles. The first kappa shape index (κ1) is 25.9. The van der Waals surface area contributed by atoms with Crippen molar-refractivity contribution in [1.82, 2.24) is 4.98 Å². The second-order valence-corrected chi connectivity index (χ2v) is 10.4. The highest BCUT2D eigenvalue weighted by atomic mass is 79.9. The molecule has 0 saturated carbocycles. The van der Waals surface area contributed by atoms with E-state index >= 15 is 0 Å². The molecule has 1 aliphatic rings. The van der Waals surface area contributed by atoms with E-state index in [0.29, 0.717) is 34.7 Å². The number of nitrogens with one attached hydrogen (secondary N) is 1. The fraction of sp³-hybridized carbons (Fsp3) is 0.267. The molecule has 1 N–H and O–H groups in total. The molecule has 0 bridgehead atoms. The van der Waals surface area contributed by atoms with Gasteiger partial charge in [-0.15, -0.1) is 0 Å². The molecule has 0 unspecified atom stereocenters. The number of benzene rings is 3. The predicted molar refractivity (Wildman–Crippen MR) is 146 cm³/mol. The number of rotatable bonds is 8. The smallest absolute Gasteiger partial charge is 0.324 e. The Hall–Kier alpha value is -3.78. The number of fused-ring (bicyclic) bond motifs is 1. The van der Waals surface area contributed by atoms with Gasteiger partial charge >= 0.3 is 11.9 Å². The van der Waals surface area contributed by atoms with E-state index in [4.69, 9.17) is 18.9 Å². The number of halogens is 1. The lowest BCUT2D eigenvalue weighted by molar-refractivity contribution is -0.240. The lowest BCUT2D eigenvalue weighted by Crippen LogP contribution is -2.48. The second kappa shape index (κ2) is 10.5. The fourth-order valence-corrected chi connectivity index (χ4v) is 5.38. The monoisotopic (exact) mass is 577 g/mol. The number of H-pyrrole nitrogens is 1. The summed E-state index contributed by atoms with van der Waals surface area (Å²) in [6, 6.07) is 21.2. The van der Waals surface area contributed by atoms with Crippen molar-refractivity contribution in [3.05, 3.63) is 94.1 Å². The number of hydrogen-bond acceptors (Lipinski definition) is 6. The van der Waals surface area contributed by atoms with Crippen molar-refractivity contribution < 1.29 is 28.5 Å². The van der Waals surface area contributed by atoms with Gasteiger partial charge in [-0.2, -0.15) is 0 Å². The van der Waals surface area contributed by atoms with Crippen LogP contribution >= 0.6 is 15.9 Å². The Balaban J connectivity index is 1.62. The predicted octanol–water partition coefficient (Wildman–Crippen LogP) is 6.49. The van der Waals surface area contributed by atoms with Crippen LogP contribution in [0.1, 0.15) is 43.4 Å². The standard InChI is InChI=1S/C30H28BrNO6/c1-4-35-24-15-19(14-22(31)27(24)36-17-18-10-6-5-7-11-18)25(21-16-32-23-13-9-8-12-20(21)23)26-28(33)37-30(2,3)38-29(26)34/h5-16,25-26,32H,4,17H2,1-3H3/t25-/m1/s1. The van der Waals surface area contributed by atoms with Crippen molar-refractivity contribution in [2.45, 2.75) is 39.1 Å². The van der Waals surface area contributed by atoms with E-state index < -0.39 is 29.6 Å². The summed E-state index contributed by atoms with van der Waals surface area (Å²) in [4.78, 5) is 29.8. The molecule has 1 aromatic heterocycles. The zero-order valence-electron chi connectivity index (χ0n) is 21.3. The molecule has 1 fully saturated rings. The molecule has 1 aliphatic heterocycles. The third kappa shape index (κ3) is 5.13. The summed E-state index contributed by atoms with van der Waals surface area (Å²) in [6.07, 6.45) is 1.82. The molecule has 196 valence electrons. The lowest BCUT2D eigenvalue weighted by Gasteiger charge is -2.36. The zero-order valence-corrected chi connectivity index (χ0v) is 22.9.